The second kappa shape index (κ2) is 8.44. The molecule has 0 saturated heterocycles. The van der Waals surface area contributed by atoms with E-state index in [1.165, 1.54) is 5.56 Å². The third-order valence-electron chi connectivity index (χ3n) is 3.69. The van der Waals surface area contributed by atoms with Gasteiger partial charge >= 0.3 is 0 Å². The molecule has 0 radical (unpaired) electrons. The summed E-state index contributed by atoms with van der Waals surface area (Å²) in [6, 6.07) is 7.40. The fourth-order valence-electron chi connectivity index (χ4n) is 2.46. The zero-order chi connectivity index (χ0) is 17.6. The normalized spacial score (nSPS) is 11.5. The van der Waals surface area contributed by atoms with E-state index in [-0.39, 0.29) is 11.3 Å². The van der Waals surface area contributed by atoms with Crippen LogP contribution in [0.25, 0.3) is 0 Å². The number of rotatable bonds is 7. The van der Waals surface area contributed by atoms with Crippen molar-refractivity contribution in [2.75, 3.05) is 13.1 Å². The van der Waals surface area contributed by atoms with Crippen LogP contribution >= 0.6 is 15.9 Å². The Balaban J connectivity index is 1.67. The van der Waals surface area contributed by atoms with E-state index in [0.717, 1.165) is 29.7 Å². The van der Waals surface area contributed by atoms with E-state index in [4.69, 9.17) is 0 Å². The molecule has 0 unspecified atom stereocenters. The van der Waals surface area contributed by atoms with Gasteiger partial charge in [0.05, 0.1) is 6.20 Å². The zero-order valence-electron chi connectivity index (χ0n) is 14.4. The minimum absolute atomic E-state index is 0.0406. The van der Waals surface area contributed by atoms with Crippen molar-refractivity contribution in [3.05, 3.63) is 51.8 Å². The molecule has 0 atom stereocenters. The van der Waals surface area contributed by atoms with Crippen molar-refractivity contribution in [1.29, 1.82) is 0 Å². The molecular weight excluding hydrogens is 368 g/mol. The highest BCUT2D eigenvalue weighted by molar-refractivity contribution is 9.10. The van der Waals surface area contributed by atoms with Gasteiger partial charge in [0.25, 0.3) is 5.91 Å². The summed E-state index contributed by atoms with van der Waals surface area (Å²) < 4.78 is 0.909. The third-order valence-corrected chi connectivity index (χ3v) is 4.18. The van der Waals surface area contributed by atoms with Crippen LogP contribution < -0.4 is 10.6 Å². The molecule has 130 valence electrons. The van der Waals surface area contributed by atoms with E-state index >= 15 is 0 Å². The number of hydrogen-bond donors (Lipinski definition) is 3. The molecule has 0 bridgehead atoms. The van der Waals surface area contributed by atoms with Gasteiger partial charge in [-0.3, -0.25) is 9.89 Å². The van der Waals surface area contributed by atoms with E-state index in [1.807, 2.05) is 30.5 Å². The van der Waals surface area contributed by atoms with Gasteiger partial charge < -0.3 is 10.6 Å². The Morgan fingerprint density at radius 2 is 2.08 bits per heavy atom. The highest BCUT2D eigenvalue weighted by Crippen LogP contribution is 2.23. The van der Waals surface area contributed by atoms with Gasteiger partial charge in [-0.25, -0.2) is 0 Å². The average molecular weight is 393 g/mol. The molecular formula is C18H25BrN4O. The number of hydrogen-bond acceptors (Lipinski definition) is 3. The van der Waals surface area contributed by atoms with Crippen molar-refractivity contribution in [2.24, 2.45) is 0 Å². The molecule has 1 aromatic heterocycles. The molecule has 0 saturated carbocycles. The molecule has 0 aliphatic heterocycles. The van der Waals surface area contributed by atoms with E-state index < -0.39 is 0 Å². The molecule has 2 rings (SSSR count). The highest BCUT2D eigenvalue weighted by Gasteiger charge is 2.19. The minimum Gasteiger partial charge on any atom is -0.352 e. The summed E-state index contributed by atoms with van der Waals surface area (Å²) in [5.74, 6) is -0.0406. The van der Waals surface area contributed by atoms with Crippen molar-refractivity contribution in [1.82, 2.24) is 20.8 Å². The minimum atomic E-state index is -0.0406. The Bertz CT molecular complexity index is 676. The summed E-state index contributed by atoms with van der Waals surface area (Å²) in [6.07, 6.45) is 2.76. The average Bonchev–Trinajstić information content (AvgIpc) is 2.99. The Morgan fingerprint density at radius 1 is 1.29 bits per heavy atom. The van der Waals surface area contributed by atoms with Crippen LogP contribution in [0.15, 0.2) is 34.9 Å². The van der Waals surface area contributed by atoms with Gasteiger partial charge in [-0.05, 0) is 31.2 Å². The van der Waals surface area contributed by atoms with Crippen molar-refractivity contribution in [3.63, 3.8) is 0 Å². The molecule has 1 heterocycles. The van der Waals surface area contributed by atoms with E-state index in [1.54, 1.807) is 0 Å². The maximum absolute atomic E-state index is 12.0. The van der Waals surface area contributed by atoms with Gasteiger partial charge in [0.2, 0.25) is 0 Å². The zero-order valence-corrected chi connectivity index (χ0v) is 16.0. The lowest BCUT2D eigenvalue weighted by molar-refractivity contribution is 0.0953. The van der Waals surface area contributed by atoms with Crippen LogP contribution in [0.5, 0.6) is 0 Å². The van der Waals surface area contributed by atoms with E-state index in [9.17, 15) is 4.79 Å². The van der Waals surface area contributed by atoms with E-state index in [2.05, 4.69) is 57.5 Å². The quantitative estimate of drug-likeness (QED) is 0.632. The number of aromatic amines is 1. The van der Waals surface area contributed by atoms with Crippen LogP contribution in [0, 0.1) is 0 Å². The molecule has 0 aliphatic carbocycles. The summed E-state index contributed by atoms with van der Waals surface area (Å²) in [4.78, 5) is 12.0. The Labute approximate surface area is 151 Å². The second-order valence-corrected chi connectivity index (χ2v) is 7.73. The number of benzene rings is 1. The number of carbonyl (C=O) groups is 1. The van der Waals surface area contributed by atoms with Crippen LogP contribution in [-0.4, -0.2) is 29.2 Å². The lowest BCUT2D eigenvalue weighted by atomic mass is 9.89. The number of nitrogens with zero attached hydrogens (tertiary/aromatic N) is 1. The lowest BCUT2D eigenvalue weighted by Gasteiger charge is -2.18. The van der Waals surface area contributed by atoms with Crippen LogP contribution in [0.2, 0.25) is 0 Å². The van der Waals surface area contributed by atoms with Crippen molar-refractivity contribution in [3.8, 4) is 0 Å². The molecule has 0 spiro atoms. The van der Waals surface area contributed by atoms with Crippen molar-refractivity contribution < 1.29 is 4.79 Å². The number of H-pyrrole nitrogens is 1. The van der Waals surface area contributed by atoms with Crippen LogP contribution in [-0.2, 0) is 12.0 Å². The van der Waals surface area contributed by atoms with Gasteiger partial charge in [0, 0.05) is 39.8 Å². The van der Waals surface area contributed by atoms with Crippen LogP contribution in [0.1, 0.15) is 48.8 Å². The first-order valence-corrected chi connectivity index (χ1v) is 8.94. The Hall–Kier alpha value is -1.66. The summed E-state index contributed by atoms with van der Waals surface area (Å²) in [5, 5.41) is 13.6. The monoisotopic (exact) mass is 392 g/mol. The first-order chi connectivity index (χ1) is 11.4. The third kappa shape index (κ3) is 5.46. The van der Waals surface area contributed by atoms with Gasteiger partial charge in [0.15, 0.2) is 0 Å². The van der Waals surface area contributed by atoms with Gasteiger partial charge in [-0.2, -0.15) is 5.10 Å². The predicted molar refractivity (Wildman–Crippen MR) is 100 cm³/mol. The number of aromatic nitrogens is 2. The SMILES string of the molecule is CC(C)(C)c1[nH]ncc1CNCCCNC(=O)c1cccc(Br)c1. The largest absolute Gasteiger partial charge is 0.352 e. The number of nitrogens with one attached hydrogen (secondary N) is 3. The molecule has 0 aliphatic rings. The van der Waals surface area contributed by atoms with Gasteiger partial charge in [-0.1, -0.05) is 42.8 Å². The summed E-state index contributed by atoms with van der Waals surface area (Å²) in [7, 11) is 0. The topological polar surface area (TPSA) is 69.8 Å². The fraction of sp³-hybridized carbons (Fsp3) is 0.444. The first kappa shape index (κ1) is 18.7. The molecule has 1 aromatic carbocycles. The van der Waals surface area contributed by atoms with Crippen molar-refractivity contribution >= 4 is 21.8 Å². The van der Waals surface area contributed by atoms with Crippen LogP contribution in [0.4, 0.5) is 0 Å². The molecule has 3 N–H and O–H groups in total. The molecule has 24 heavy (non-hydrogen) atoms. The summed E-state index contributed by atoms with van der Waals surface area (Å²) >= 11 is 3.37. The standard InChI is InChI=1S/C18H25BrN4O/c1-18(2,3)16-14(12-22-23-16)11-20-8-5-9-21-17(24)13-6-4-7-15(19)10-13/h4,6-7,10,12,20H,5,8-9,11H2,1-3H3,(H,21,24)(H,22,23). The number of amides is 1. The number of carbonyl (C=O) groups excluding carboxylic acids is 1. The molecule has 5 nitrogen and oxygen atoms in total. The summed E-state index contributed by atoms with van der Waals surface area (Å²) in [5.41, 5.74) is 3.09. The number of halogens is 1. The predicted octanol–water partition coefficient (Wildman–Crippen LogP) is 3.38. The summed E-state index contributed by atoms with van der Waals surface area (Å²) in [6.45, 7) is 8.77. The smallest absolute Gasteiger partial charge is 0.251 e. The maximum Gasteiger partial charge on any atom is 0.251 e. The fourth-order valence-corrected chi connectivity index (χ4v) is 2.86. The molecule has 1 amide bonds. The molecule has 0 fully saturated rings. The highest BCUT2D eigenvalue weighted by atomic mass is 79.9. The van der Waals surface area contributed by atoms with Crippen LogP contribution in [0.3, 0.4) is 0 Å². The van der Waals surface area contributed by atoms with Gasteiger partial charge in [0.1, 0.15) is 0 Å². The Morgan fingerprint density at radius 3 is 2.79 bits per heavy atom. The van der Waals surface area contributed by atoms with Gasteiger partial charge in [-0.15, -0.1) is 0 Å². The van der Waals surface area contributed by atoms with E-state index in [0.29, 0.717) is 12.1 Å². The molecule has 2 aromatic rings. The maximum atomic E-state index is 12.0. The first-order valence-electron chi connectivity index (χ1n) is 8.15. The van der Waals surface area contributed by atoms with Crippen molar-refractivity contribution in [2.45, 2.75) is 39.2 Å². The molecule has 6 heteroatoms. The Kier molecular flexibility index (Phi) is 6.57. The lowest BCUT2D eigenvalue weighted by Crippen LogP contribution is -2.27. The second-order valence-electron chi connectivity index (χ2n) is 6.82.